The van der Waals surface area contributed by atoms with E-state index in [1.807, 2.05) is 40.4 Å². The highest BCUT2D eigenvalue weighted by molar-refractivity contribution is 7.12. The van der Waals surface area contributed by atoms with E-state index in [1.54, 1.807) is 12.4 Å². The Labute approximate surface area is 174 Å². The first kappa shape index (κ1) is 18.5. The monoisotopic (exact) mass is 411 g/mol. The zero-order chi connectivity index (χ0) is 20.1. The van der Waals surface area contributed by atoms with Crippen molar-refractivity contribution in [1.29, 1.82) is 0 Å². The van der Waals surface area contributed by atoms with Crippen molar-refractivity contribution in [3.05, 3.63) is 40.8 Å². The molecule has 3 aliphatic rings. The number of hydrogen-bond donors (Lipinski definition) is 0. The molecule has 152 valence electrons. The predicted octanol–water partition coefficient (Wildman–Crippen LogP) is 2.13. The molecule has 3 fully saturated rings. The first-order chi connectivity index (χ1) is 14.0. The maximum absolute atomic E-state index is 13.4. The standard InChI is InChI=1S/C21H25N5O2S/c1-24-10-7-21(18(24)28)15-26(19-22-8-3-9-23-19)14-20(21)5-11-25(12-6-20)17(27)16-4-2-13-29-16/h2-4,8-9,13H,5-7,10-12,14-15H2,1H3/t21-/m1/s1. The zero-order valence-corrected chi connectivity index (χ0v) is 17.4. The second kappa shape index (κ2) is 6.79. The molecule has 0 aromatic carbocycles. The van der Waals surface area contributed by atoms with Crippen LogP contribution in [0.5, 0.6) is 0 Å². The van der Waals surface area contributed by atoms with Gasteiger partial charge in [0.25, 0.3) is 5.91 Å². The van der Waals surface area contributed by atoms with Gasteiger partial charge in [-0.25, -0.2) is 9.97 Å². The summed E-state index contributed by atoms with van der Waals surface area (Å²) in [4.78, 5) is 41.9. The number of anilines is 1. The van der Waals surface area contributed by atoms with E-state index < -0.39 is 5.41 Å². The molecule has 29 heavy (non-hydrogen) atoms. The van der Waals surface area contributed by atoms with E-state index in [1.165, 1.54) is 11.3 Å². The molecule has 3 saturated heterocycles. The second-order valence-electron chi connectivity index (χ2n) is 8.51. The van der Waals surface area contributed by atoms with Gasteiger partial charge in [0.15, 0.2) is 0 Å². The molecule has 2 spiro atoms. The molecular formula is C21H25N5O2S. The fourth-order valence-electron chi connectivity index (χ4n) is 5.56. The molecule has 1 atom stereocenters. The molecule has 5 rings (SSSR count). The molecule has 2 aromatic rings. The number of carbonyl (C=O) groups is 2. The molecule has 0 aliphatic carbocycles. The summed E-state index contributed by atoms with van der Waals surface area (Å²) in [6, 6.07) is 5.62. The summed E-state index contributed by atoms with van der Waals surface area (Å²) in [5.74, 6) is 1.05. The number of rotatable bonds is 2. The summed E-state index contributed by atoms with van der Waals surface area (Å²) in [5, 5.41) is 1.94. The molecule has 0 saturated carbocycles. The minimum absolute atomic E-state index is 0.111. The topological polar surface area (TPSA) is 69.6 Å². The lowest BCUT2D eigenvalue weighted by Crippen LogP contribution is -2.53. The molecule has 3 aliphatic heterocycles. The molecule has 7 nitrogen and oxygen atoms in total. The van der Waals surface area contributed by atoms with Gasteiger partial charge in [-0.2, -0.15) is 0 Å². The van der Waals surface area contributed by atoms with Gasteiger partial charge >= 0.3 is 0 Å². The van der Waals surface area contributed by atoms with Crippen molar-refractivity contribution in [2.24, 2.45) is 10.8 Å². The summed E-state index contributed by atoms with van der Waals surface area (Å²) in [7, 11) is 1.90. The quantitative estimate of drug-likeness (QED) is 0.757. The Morgan fingerprint density at radius 2 is 1.83 bits per heavy atom. The maximum Gasteiger partial charge on any atom is 0.263 e. The van der Waals surface area contributed by atoms with E-state index in [0.29, 0.717) is 25.6 Å². The molecule has 5 heterocycles. The number of nitrogens with zero attached hydrogens (tertiary/aromatic N) is 5. The fraction of sp³-hybridized carbons (Fsp3) is 0.524. The zero-order valence-electron chi connectivity index (χ0n) is 16.6. The lowest BCUT2D eigenvalue weighted by molar-refractivity contribution is -0.140. The van der Waals surface area contributed by atoms with Crippen molar-refractivity contribution >= 4 is 29.1 Å². The first-order valence-corrected chi connectivity index (χ1v) is 11.0. The number of piperidine rings is 1. The highest BCUT2D eigenvalue weighted by atomic mass is 32.1. The van der Waals surface area contributed by atoms with Crippen molar-refractivity contribution in [3.63, 3.8) is 0 Å². The van der Waals surface area contributed by atoms with E-state index in [4.69, 9.17) is 0 Å². The summed E-state index contributed by atoms with van der Waals surface area (Å²) >= 11 is 1.49. The molecular weight excluding hydrogens is 386 g/mol. The van der Waals surface area contributed by atoms with Crippen LogP contribution in [0.15, 0.2) is 36.0 Å². The number of hydrogen-bond acceptors (Lipinski definition) is 6. The van der Waals surface area contributed by atoms with Crippen molar-refractivity contribution < 1.29 is 9.59 Å². The predicted molar refractivity (Wildman–Crippen MR) is 111 cm³/mol. The molecule has 0 radical (unpaired) electrons. The van der Waals surface area contributed by atoms with Gasteiger partial charge < -0.3 is 14.7 Å². The van der Waals surface area contributed by atoms with Gasteiger partial charge in [-0.15, -0.1) is 11.3 Å². The molecule has 2 aromatic heterocycles. The Morgan fingerprint density at radius 3 is 2.45 bits per heavy atom. The van der Waals surface area contributed by atoms with Gasteiger partial charge in [0.2, 0.25) is 11.9 Å². The van der Waals surface area contributed by atoms with Gasteiger partial charge in [-0.1, -0.05) is 6.07 Å². The third kappa shape index (κ3) is 2.76. The third-order valence-electron chi connectivity index (χ3n) is 7.17. The summed E-state index contributed by atoms with van der Waals surface area (Å²) in [6.45, 7) is 3.62. The van der Waals surface area contributed by atoms with Crippen LogP contribution in [0.4, 0.5) is 5.95 Å². The van der Waals surface area contributed by atoms with Crippen LogP contribution in [0.25, 0.3) is 0 Å². The molecule has 8 heteroatoms. The number of likely N-dealkylation sites (tertiary alicyclic amines) is 2. The van der Waals surface area contributed by atoms with Crippen LogP contribution in [0, 0.1) is 10.8 Å². The van der Waals surface area contributed by atoms with Crippen molar-refractivity contribution in [1.82, 2.24) is 19.8 Å². The van der Waals surface area contributed by atoms with Crippen LogP contribution in [-0.4, -0.2) is 71.4 Å². The van der Waals surface area contributed by atoms with E-state index in [9.17, 15) is 9.59 Å². The largest absolute Gasteiger partial charge is 0.345 e. The van der Waals surface area contributed by atoms with Crippen LogP contribution < -0.4 is 4.90 Å². The average molecular weight is 412 g/mol. The van der Waals surface area contributed by atoms with Crippen LogP contribution in [0.2, 0.25) is 0 Å². The molecule has 0 N–H and O–H groups in total. The first-order valence-electron chi connectivity index (χ1n) is 10.2. The summed E-state index contributed by atoms with van der Waals surface area (Å²) < 4.78 is 0. The van der Waals surface area contributed by atoms with E-state index >= 15 is 0 Å². The van der Waals surface area contributed by atoms with Gasteiger partial charge in [0.1, 0.15) is 0 Å². The Hall–Kier alpha value is -2.48. The van der Waals surface area contributed by atoms with Gasteiger partial charge in [0, 0.05) is 57.6 Å². The SMILES string of the molecule is CN1CC[C@@]2(CN(c3ncccn3)CC23CCN(C(=O)c2cccs2)CC3)C1=O. The molecule has 0 unspecified atom stereocenters. The normalized spacial score (nSPS) is 26.1. The number of aromatic nitrogens is 2. The minimum atomic E-state index is -0.404. The Bertz CT molecular complexity index is 910. The van der Waals surface area contributed by atoms with Crippen LogP contribution in [0.1, 0.15) is 28.9 Å². The highest BCUT2D eigenvalue weighted by Crippen LogP contribution is 2.58. The Morgan fingerprint density at radius 1 is 1.07 bits per heavy atom. The van der Waals surface area contributed by atoms with Crippen LogP contribution in [-0.2, 0) is 4.79 Å². The van der Waals surface area contributed by atoms with Crippen LogP contribution in [0.3, 0.4) is 0 Å². The van der Waals surface area contributed by atoms with Crippen molar-refractivity contribution in [3.8, 4) is 0 Å². The Balaban J connectivity index is 1.43. The van der Waals surface area contributed by atoms with Crippen molar-refractivity contribution in [2.75, 3.05) is 44.7 Å². The molecule has 2 amide bonds. The maximum atomic E-state index is 13.4. The van der Waals surface area contributed by atoms with E-state index in [2.05, 4.69) is 14.9 Å². The van der Waals surface area contributed by atoms with E-state index in [-0.39, 0.29) is 17.2 Å². The number of amides is 2. The number of fused-ring (bicyclic) bond motifs is 1. The summed E-state index contributed by atoms with van der Waals surface area (Å²) in [5.41, 5.74) is -0.542. The van der Waals surface area contributed by atoms with Crippen LogP contribution >= 0.6 is 11.3 Å². The average Bonchev–Trinajstić information content (AvgIpc) is 3.46. The number of thiophene rings is 1. The summed E-state index contributed by atoms with van der Waals surface area (Å²) in [6.07, 6.45) is 6.06. The third-order valence-corrected chi connectivity index (χ3v) is 8.03. The second-order valence-corrected chi connectivity index (χ2v) is 9.46. The van der Waals surface area contributed by atoms with E-state index in [0.717, 1.165) is 37.2 Å². The van der Waals surface area contributed by atoms with Gasteiger partial charge in [-0.05, 0) is 36.8 Å². The minimum Gasteiger partial charge on any atom is -0.345 e. The fourth-order valence-corrected chi connectivity index (χ4v) is 6.25. The van der Waals surface area contributed by atoms with Crippen molar-refractivity contribution in [2.45, 2.75) is 19.3 Å². The number of carbonyl (C=O) groups excluding carboxylic acids is 2. The highest BCUT2D eigenvalue weighted by Gasteiger charge is 2.65. The van der Waals surface area contributed by atoms with Gasteiger partial charge in [-0.3, -0.25) is 9.59 Å². The Kier molecular flexibility index (Phi) is 4.34. The lowest BCUT2D eigenvalue weighted by atomic mass is 9.60. The smallest absolute Gasteiger partial charge is 0.263 e. The molecule has 0 bridgehead atoms. The lowest BCUT2D eigenvalue weighted by Gasteiger charge is -2.46. The van der Waals surface area contributed by atoms with Gasteiger partial charge in [0.05, 0.1) is 10.3 Å².